The molecular formula is C44H82O5Si3. The first-order valence-corrected chi connectivity index (χ1v) is 29.9. The van der Waals surface area contributed by atoms with Crippen molar-refractivity contribution in [3.8, 4) is 0 Å². The van der Waals surface area contributed by atoms with E-state index in [2.05, 4.69) is 127 Å². The maximum atomic E-state index is 12.5. The molecule has 0 radical (unpaired) electrons. The molecule has 0 heterocycles. The first-order chi connectivity index (χ1) is 23.4. The lowest BCUT2D eigenvalue weighted by atomic mass is 9.60. The molecule has 52 heavy (non-hydrogen) atoms. The molecule has 8 heteroatoms. The van der Waals surface area contributed by atoms with E-state index >= 15 is 0 Å². The summed E-state index contributed by atoms with van der Waals surface area (Å²) in [5, 5.41) is 0.258. The van der Waals surface area contributed by atoms with Crippen molar-refractivity contribution in [2.24, 2.45) is 23.2 Å². The lowest BCUT2D eigenvalue weighted by Gasteiger charge is -2.46. The Morgan fingerprint density at radius 3 is 2.04 bits per heavy atom. The van der Waals surface area contributed by atoms with Gasteiger partial charge in [0.15, 0.2) is 25.0 Å². The summed E-state index contributed by atoms with van der Waals surface area (Å²) in [7, 11) is -5.64. The Labute approximate surface area is 324 Å². The van der Waals surface area contributed by atoms with Crippen LogP contribution in [0.15, 0.2) is 35.5 Å². The minimum atomic E-state index is -2.04. The fraction of sp³-hybridized carbons (Fsp3) is 0.841. The molecule has 5 nitrogen and oxygen atoms in total. The highest BCUT2D eigenvalue weighted by atomic mass is 28.4. The molecule has 0 aliphatic heterocycles. The van der Waals surface area contributed by atoms with Gasteiger partial charge in [0.05, 0.1) is 17.8 Å². The summed E-state index contributed by atoms with van der Waals surface area (Å²) >= 11 is 0. The van der Waals surface area contributed by atoms with Gasteiger partial charge in [0, 0.05) is 19.3 Å². The summed E-state index contributed by atoms with van der Waals surface area (Å²) < 4.78 is 27.0. The largest absolute Gasteiger partial charge is 0.462 e. The number of fused-ring (bicyclic) bond motifs is 1. The van der Waals surface area contributed by atoms with Gasteiger partial charge in [-0.3, -0.25) is 4.79 Å². The monoisotopic (exact) mass is 775 g/mol. The number of carbonyl (C=O) groups is 1. The van der Waals surface area contributed by atoms with E-state index < -0.39 is 25.0 Å². The van der Waals surface area contributed by atoms with E-state index in [4.69, 9.17) is 24.6 Å². The molecule has 3 saturated carbocycles. The van der Waals surface area contributed by atoms with Crippen molar-refractivity contribution < 1.29 is 22.8 Å². The average Bonchev–Trinajstić information content (AvgIpc) is 3.22. The fourth-order valence-electron chi connectivity index (χ4n) is 9.29. The van der Waals surface area contributed by atoms with Crippen LogP contribution in [0.3, 0.4) is 0 Å². The zero-order valence-electron chi connectivity index (χ0n) is 37.2. The summed E-state index contributed by atoms with van der Waals surface area (Å²) in [6.07, 6.45) is 14.3. The van der Waals surface area contributed by atoms with Crippen LogP contribution in [0, 0.1) is 23.2 Å². The first kappa shape index (κ1) is 45.6. The maximum absolute atomic E-state index is 12.5. The third-order valence-electron chi connectivity index (χ3n) is 13.7. The molecule has 0 bridgehead atoms. The summed E-state index contributed by atoms with van der Waals surface area (Å²) in [6.45, 7) is 45.9. The smallest absolute Gasteiger partial charge is 0.302 e. The number of esters is 1. The average molecular weight is 775 g/mol. The Morgan fingerprint density at radius 1 is 0.923 bits per heavy atom. The Hall–Kier alpha value is -0.779. The molecule has 3 rings (SSSR count). The second-order valence-corrected chi connectivity index (χ2v) is 35.9. The summed E-state index contributed by atoms with van der Waals surface area (Å²) in [5.74, 6) is 1.05. The highest BCUT2D eigenvalue weighted by Gasteiger charge is 2.56. The van der Waals surface area contributed by atoms with Crippen molar-refractivity contribution in [1.29, 1.82) is 0 Å². The molecule has 3 fully saturated rings. The van der Waals surface area contributed by atoms with Crippen LogP contribution in [0.1, 0.15) is 134 Å². The fourth-order valence-corrected chi connectivity index (χ4v) is 13.7. The molecule has 3 aliphatic rings. The van der Waals surface area contributed by atoms with Crippen LogP contribution < -0.4 is 0 Å². The second kappa shape index (κ2) is 16.4. The van der Waals surface area contributed by atoms with Gasteiger partial charge in [0.25, 0.3) is 0 Å². The molecule has 300 valence electrons. The van der Waals surface area contributed by atoms with Gasteiger partial charge in [0.2, 0.25) is 0 Å². The van der Waals surface area contributed by atoms with Gasteiger partial charge in [-0.05, 0) is 137 Å². The molecule has 0 saturated heterocycles. The Kier molecular flexibility index (Phi) is 14.4. The van der Waals surface area contributed by atoms with E-state index in [-0.39, 0.29) is 45.4 Å². The van der Waals surface area contributed by atoms with Crippen molar-refractivity contribution in [3.63, 3.8) is 0 Å². The van der Waals surface area contributed by atoms with Crippen molar-refractivity contribution in [1.82, 2.24) is 0 Å². The zero-order chi connectivity index (χ0) is 39.9. The molecule has 7 atom stereocenters. The van der Waals surface area contributed by atoms with Gasteiger partial charge in [-0.15, -0.1) is 0 Å². The number of carbonyl (C=O) groups excluding carboxylic acids is 1. The summed E-state index contributed by atoms with van der Waals surface area (Å²) in [6, 6.07) is 0. The van der Waals surface area contributed by atoms with Crippen LogP contribution >= 0.6 is 0 Å². The van der Waals surface area contributed by atoms with Crippen molar-refractivity contribution >= 4 is 30.9 Å². The molecule has 0 spiro atoms. The Bertz CT molecular complexity index is 1320. The van der Waals surface area contributed by atoms with Crippen LogP contribution in [-0.4, -0.2) is 54.8 Å². The molecule has 3 aliphatic carbocycles. The zero-order valence-corrected chi connectivity index (χ0v) is 40.2. The summed E-state index contributed by atoms with van der Waals surface area (Å²) in [5.41, 5.74) is 3.91. The van der Waals surface area contributed by atoms with Crippen molar-refractivity contribution in [2.75, 3.05) is 0 Å². The van der Waals surface area contributed by atoms with Crippen LogP contribution in [0.4, 0.5) is 0 Å². The number of ether oxygens (including phenoxy) is 1. The highest BCUT2D eigenvalue weighted by Crippen LogP contribution is 2.61. The molecular weight excluding hydrogens is 693 g/mol. The Balaban J connectivity index is 1.93. The van der Waals surface area contributed by atoms with Gasteiger partial charge >= 0.3 is 5.97 Å². The van der Waals surface area contributed by atoms with E-state index in [9.17, 15) is 4.79 Å². The Morgan fingerprint density at radius 2 is 1.50 bits per heavy atom. The summed E-state index contributed by atoms with van der Waals surface area (Å²) in [4.78, 5) is 12.5. The van der Waals surface area contributed by atoms with Crippen LogP contribution in [0.5, 0.6) is 0 Å². The first-order valence-electron chi connectivity index (χ1n) is 20.7. The van der Waals surface area contributed by atoms with Crippen LogP contribution in [0.25, 0.3) is 0 Å². The van der Waals surface area contributed by atoms with Crippen LogP contribution in [0.2, 0.25) is 55.9 Å². The van der Waals surface area contributed by atoms with E-state index in [0.717, 1.165) is 50.5 Å². The SMILES string of the molecule is C=C1/C(=C\C=C2/CCC[C@]3(C)[C@@H]([C@H](C)CCCC(C)(C)O[Si](C)(C)C)[C@H](OC(C)=O)C[C@@H]23)C[C@@H](O[Si](C)(C)C(C)(C)C)C[C@@H]1O[Si](C)(C)C(C)(C)C. The van der Waals surface area contributed by atoms with E-state index in [0.29, 0.717) is 17.8 Å². The molecule has 0 amide bonds. The van der Waals surface area contributed by atoms with Crippen LogP contribution in [-0.2, 0) is 22.8 Å². The quantitative estimate of drug-likeness (QED) is 0.138. The van der Waals surface area contributed by atoms with Gasteiger partial charge in [-0.25, -0.2) is 0 Å². The van der Waals surface area contributed by atoms with Gasteiger partial charge in [-0.2, -0.15) is 0 Å². The highest BCUT2D eigenvalue weighted by molar-refractivity contribution is 6.74. The normalized spacial score (nSPS) is 30.5. The standard InChI is InChI=1S/C44H82O5Si3/c1-31(22-20-26-43(10,11)49-50(13,14)15)40-39(46-33(3)45)30-37-34(23-21-27-44(37,40)12)24-25-35-28-36(47-51(16,17)41(4,5)6)29-38(32(35)2)48-52(18,19)42(7,8)9/h24-25,31,36-40H,2,20-23,26-30H2,1,3-19H3/b34-24+,35-25-/t31-,36-,37+,38+,39-,40+,44+/m1/s1. The maximum Gasteiger partial charge on any atom is 0.302 e. The number of rotatable bonds is 13. The van der Waals surface area contributed by atoms with E-state index in [1.807, 2.05) is 0 Å². The minimum absolute atomic E-state index is 0.0307. The lowest BCUT2D eigenvalue weighted by Crippen LogP contribution is -2.49. The predicted molar refractivity (Wildman–Crippen MR) is 229 cm³/mol. The topological polar surface area (TPSA) is 54.0 Å². The molecule has 0 aromatic heterocycles. The number of allylic oxidation sites excluding steroid dienone is 3. The molecule has 0 aromatic rings. The second-order valence-electron chi connectivity index (χ2n) is 21.9. The van der Waals surface area contributed by atoms with Gasteiger partial charge in [-0.1, -0.05) is 92.5 Å². The van der Waals surface area contributed by atoms with Crippen molar-refractivity contribution in [2.45, 2.75) is 214 Å². The van der Waals surface area contributed by atoms with Crippen molar-refractivity contribution in [3.05, 3.63) is 35.5 Å². The van der Waals surface area contributed by atoms with E-state index in [1.54, 1.807) is 6.92 Å². The van der Waals surface area contributed by atoms with Gasteiger partial charge in [0.1, 0.15) is 6.10 Å². The molecule has 0 unspecified atom stereocenters. The minimum Gasteiger partial charge on any atom is -0.462 e. The van der Waals surface area contributed by atoms with Gasteiger partial charge < -0.3 is 18.0 Å². The third-order valence-corrected chi connectivity index (χ3v) is 23.9. The van der Waals surface area contributed by atoms with E-state index in [1.165, 1.54) is 24.0 Å². The molecule has 0 N–H and O–H groups in total. The number of hydrogen-bond acceptors (Lipinski definition) is 5. The third kappa shape index (κ3) is 11.4. The number of hydrogen-bond donors (Lipinski definition) is 0. The molecule has 0 aromatic carbocycles. The lowest BCUT2D eigenvalue weighted by molar-refractivity contribution is -0.150. The predicted octanol–water partition coefficient (Wildman–Crippen LogP) is 13.2.